The number of hydrogen-bond acceptors (Lipinski definition) is 12. The second-order valence-electron chi connectivity index (χ2n) is 17.0. The van der Waals surface area contributed by atoms with Gasteiger partial charge < -0.3 is 42.8 Å². The fraction of sp³-hybridized carbons (Fsp3) is 0.407. The number of cyclic esters (lactones) is 1. The third-order valence-electron chi connectivity index (χ3n) is 12.8. The maximum absolute atomic E-state index is 13.3. The lowest BCUT2D eigenvalue weighted by molar-refractivity contribution is -0.163. The van der Waals surface area contributed by atoms with E-state index in [2.05, 4.69) is 53.5 Å². The summed E-state index contributed by atoms with van der Waals surface area (Å²) in [7, 11) is 0. The molecule has 5 aromatic rings. The summed E-state index contributed by atoms with van der Waals surface area (Å²) < 4.78 is 46.9. The van der Waals surface area contributed by atoms with Crippen LogP contribution in [0.2, 0.25) is 0 Å². The Morgan fingerprint density at radius 2 is 1.16 bits per heavy atom. The van der Waals surface area contributed by atoms with Crippen LogP contribution in [0, 0.1) is 0 Å². The standard InChI is InChI=1S/C28H25NO7.C24H30N2O3.2CH4/c30-28-25-26(18-6-8-21-23(14-18)33-12-10-31-21)36-27(19-7-9-22-24(15-19)34-13-11-32-22)29(25)20(16-35-28)17-4-2-1-3-5-17;1-2-20(19-8-4-3-5-9-19)25-21(24(27)26-12-6-7-13-26)16-18-10-11-22-23(17-18)29-15-14-28-22;;/h1-9,14-15,20,25-27H,10-13,16H2;3-5,8-11,17,20-21,25H,2,6-7,12-16H2,1H3;2*1H4/t20-,25?,26-,27?;20?,21-;;/m10../s1. The number of ether oxygens (including phenoxy) is 8. The SMILES string of the molecule is C.C.CCC(N[C@@H](Cc1ccc2c(c1)OCCO2)C(=O)N1CCCC1)c1ccccc1.O=C1OC[C@H](c2ccccc2)N2C(c3ccc4c(c3)OCCO4)O[C@H](c3ccc4c(c3)OCCO4)C12. The van der Waals surface area contributed by atoms with Crippen molar-refractivity contribution >= 4 is 11.9 Å². The number of carbonyl (C=O) groups is 2. The maximum Gasteiger partial charge on any atom is 0.326 e. The highest BCUT2D eigenvalue weighted by Crippen LogP contribution is 2.51. The van der Waals surface area contributed by atoms with E-state index in [0.717, 1.165) is 66.1 Å². The topological polar surface area (TPSA) is 126 Å². The molecule has 3 fully saturated rings. The average Bonchev–Trinajstić information content (AvgIpc) is 4.06. The molecule has 0 saturated carbocycles. The summed E-state index contributed by atoms with van der Waals surface area (Å²) in [5.74, 6) is 4.19. The van der Waals surface area contributed by atoms with Gasteiger partial charge in [-0.25, -0.2) is 4.90 Å². The summed E-state index contributed by atoms with van der Waals surface area (Å²) in [5, 5.41) is 3.66. The molecule has 0 spiro atoms. The number of nitrogens with one attached hydrogen (secondary N) is 1. The molecule has 1 amide bonds. The second-order valence-corrected chi connectivity index (χ2v) is 17.0. The van der Waals surface area contributed by atoms with Crippen LogP contribution < -0.4 is 33.7 Å². The molecule has 3 unspecified atom stereocenters. The minimum atomic E-state index is -0.635. The lowest BCUT2D eigenvalue weighted by atomic mass is 9.96. The molecule has 13 heteroatoms. The molecule has 6 aliphatic heterocycles. The second kappa shape index (κ2) is 21.6. The number of carbonyl (C=O) groups excluding carboxylic acids is 2. The highest BCUT2D eigenvalue weighted by Gasteiger charge is 2.54. The fourth-order valence-electron chi connectivity index (χ4n) is 9.63. The van der Waals surface area contributed by atoms with Gasteiger partial charge in [-0.05, 0) is 89.9 Å². The Morgan fingerprint density at radius 3 is 1.78 bits per heavy atom. The smallest absolute Gasteiger partial charge is 0.326 e. The van der Waals surface area contributed by atoms with E-state index in [0.29, 0.717) is 69.1 Å². The van der Waals surface area contributed by atoms with Crippen LogP contribution in [-0.2, 0) is 25.5 Å². The first-order valence-electron chi connectivity index (χ1n) is 22.9. The Balaban J connectivity index is 0.000000181. The molecule has 6 atom stereocenters. The summed E-state index contributed by atoms with van der Waals surface area (Å²) in [6, 6.07) is 37.1. The molecular weight excluding hydrogens is 851 g/mol. The number of morpholine rings is 1. The van der Waals surface area contributed by atoms with Gasteiger partial charge in [-0.3, -0.25) is 14.9 Å². The van der Waals surface area contributed by atoms with E-state index in [1.165, 1.54) is 5.56 Å². The molecule has 67 heavy (non-hydrogen) atoms. The molecule has 13 nitrogen and oxygen atoms in total. The van der Waals surface area contributed by atoms with E-state index in [1.807, 2.05) is 83.8 Å². The number of hydrogen-bond donors (Lipinski definition) is 1. The van der Waals surface area contributed by atoms with Crippen molar-refractivity contribution in [3.05, 3.63) is 143 Å². The van der Waals surface area contributed by atoms with Gasteiger partial charge >= 0.3 is 5.97 Å². The third-order valence-corrected chi connectivity index (χ3v) is 12.8. The Bertz CT molecular complexity index is 2450. The van der Waals surface area contributed by atoms with Crippen LogP contribution in [0.1, 0.15) is 93.3 Å². The van der Waals surface area contributed by atoms with Crippen molar-refractivity contribution < 1.29 is 47.5 Å². The van der Waals surface area contributed by atoms with Crippen molar-refractivity contribution in [3.8, 4) is 34.5 Å². The summed E-state index contributed by atoms with van der Waals surface area (Å²) in [5.41, 5.74) is 5.09. The lowest BCUT2D eigenvalue weighted by Gasteiger charge is -2.39. The number of rotatable bonds is 10. The number of esters is 1. The summed E-state index contributed by atoms with van der Waals surface area (Å²) in [6.07, 6.45) is 2.70. The van der Waals surface area contributed by atoms with Gasteiger partial charge in [0.1, 0.15) is 64.6 Å². The number of nitrogens with zero attached hydrogens (tertiary/aromatic N) is 2. The number of benzene rings is 5. The van der Waals surface area contributed by atoms with Crippen molar-refractivity contribution in [1.82, 2.24) is 15.1 Å². The highest BCUT2D eigenvalue weighted by atomic mass is 16.6. The summed E-state index contributed by atoms with van der Waals surface area (Å²) in [4.78, 5) is 30.8. The molecule has 0 aliphatic carbocycles. The monoisotopic (exact) mass is 913 g/mol. The van der Waals surface area contributed by atoms with E-state index in [9.17, 15) is 9.59 Å². The molecule has 6 aliphatic rings. The molecule has 1 N–H and O–H groups in total. The predicted molar refractivity (Wildman–Crippen MR) is 254 cm³/mol. The van der Waals surface area contributed by atoms with Gasteiger partial charge in [-0.1, -0.05) is 101 Å². The first-order chi connectivity index (χ1) is 32.0. The first kappa shape index (κ1) is 47.2. The van der Waals surface area contributed by atoms with E-state index >= 15 is 0 Å². The zero-order chi connectivity index (χ0) is 44.1. The molecule has 11 rings (SSSR count). The van der Waals surface area contributed by atoms with Crippen LogP contribution in [0.4, 0.5) is 0 Å². The highest BCUT2D eigenvalue weighted by molar-refractivity contribution is 5.82. The Labute approximate surface area is 394 Å². The zero-order valence-corrected chi connectivity index (χ0v) is 36.6. The minimum Gasteiger partial charge on any atom is -0.486 e. The van der Waals surface area contributed by atoms with E-state index in [4.69, 9.17) is 37.9 Å². The fourth-order valence-corrected chi connectivity index (χ4v) is 9.63. The molecule has 6 heterocycles. The van der Waals surface area contributed by atoms with Crippen molar-refractivity contribution in [1.29, 1.82) is 0 Å². The average molecular weight is 914 g/mol. The number of fused-ring (bicyclic) bond motifs is 4. The third kappa shape index (κ3) is 10.2. The summed E-state index contributed by atoms with van der Waals surface area (Å²) in [6.45, 7) is 7.29. The van der Waals surface area contributed by atoms with E-state index in [-0.39, 0.29) is 51.5 Å². The van der Waals surface area contributed by atoms with Crippen LogP contribution in [0.25, 0.3) is 0 Å². The zero-order valence-electron chi connectivity index (χ0n) is 36.6. The Hall–Kier alpha value is -6.28. The van der Waals surface area contributed by atoms with Crippen LogP contribution >= 0.6 is 0 Å². The van der Waals surface area contributed by atoms with E-state index in [1.54, 1.807) is 0 Å². The minimum absolute atomic E-state index is 0. The molecule has 354 valence electrons. The van der Waals surface area contributed by atoms with Crippen LogP contribution in [0.3, 0.4) is 0 Å². The van der Waals surface area contributed by atoms with Gasteiger partial charge in [-0.15, -0.1) is 0 Å². The van der Waals surface area contributed by atoms with Gasteiger partial charge in [0.15, 0.2) is 34.5 Å². The maximum atomic E-state index is 13.3. The van der Waals surface area contributed by atoms with Crippen molar-refractivity contribution in [3.63, 3.8) is 0 Å². The molecule has 0 bridgehead atoms. The molecule has 0 aromatic heterocycles. The van der Waals surface area contributed by atoms with Gasteiger partial charge in [-0.2, -0.15) is 0 Å². The Morgan fingerprint density at radius 1 is 0.627 bits per heavy atom. The summed E-state index contributed by atoms with van der Waals surface area (Å²) >= 11 is 0. The van der Waals surface area contributed by atoms with Gasteiger partial charge in [0.05, 0.1) is 12.1 Å². The molecule has 3 saturated heterocycles. The Kier molecular flexibility index (Phi) is 15.2. The normalized spacial score (nSPS) is 22.0. The largest absolute Gasteiger partial charge is 0.486 e. The van der Waals surface area contributed by atoms with Crippen molar-refractivity contribution in [2.75, 3.05) is 59.3 Å². The predicted octanol–water partition coefficient (Wildman–Crippen LogP) is 8.97. The first-order valence-corrected chi connectivity index (χ1v) is 22.9. The van der Waals surface area contributed by atoms with Crippen molar-refractivity contribution in [2.45, 2.75) is 84.0 Å². The molecular formula is C54H63N3O10. The molecule has 0 radical (unpaired) electrons. The lowest BCUT2D eigenvalue weighted by Crippen LogP contribution is -2.49. The van der Waals surface area contributed by atoms with Crippen LogP contribution in [0.15, 0.2) is 115 Å². The number of amides is 1. The van der Waals surface area contributed by atoms with E-state index < -0.39 is 18.4 Å². The quantitative estimate of drug-likeness (QED) is 0.135. The molecule has 5 aromatic carbocycles. The van der Waals surface area contributed by atoms with Gasteiger partial charge in [0.25, 0.3) is 0 Å². The van der Waals surface area contributed by atoms with Gasteiger partial charge in [0.2, 0.25) is 5.91 Å². The van der Waals surface area contributed by atoms with Crippen LogP contribution in [-0.4, -0.2) is 93.1 Å². The van der Waals surface area contributed by atoms with Crippen molar-refractivity contribution in [2.24, 2.45) is 0 Å². The number of likely N-dealkylation sites (tertiary alicyclic amines) is 1. The van der Waals surface area contributed by atoms with Gasteiger partial charge in [0, 0.05) is 19.1 Å². The van der Waals surface area contributed by atoms with Crippen LogP contribution in [0.5, 0.6) is 34.5 Å².